The van der Waals surface area contributed by atoms with Crippen LogP contribution in [0.3, 0.4) is 0 Å². The SMILES string of the molecule is CC(C)(C)c1cc(F)ccc1-n1cncn1. The van der Waals surface area contributed by atoms with Gasteiger partial charge in [-0.3, -0.25) is 0 Å². The Morgan fingerprint density at radius 3 is 2.56 bits per heavy atom. The Hall–Kier alpha value is -1.71. The highest BCUT2D eigenvalue weighted by atomic mass is 19.1. The fraction of sp³-hybridized carbons (Fsp3) is 0.333. The van der Waals surface area contributed by atoms with E-state index in [9.17, 15) is 4.39 Å². The van der Waals surface area contributed by atoms with Crippen LogP contribution >= 0.6 is 0 Å². The molecule has 0 fully saturated rings. The molecule has 0 aliphatic carbocycles. The van der Waals surface area contributed by atoms with Crippen molar-refractivity contribution in [2.24, 2.45) is 0 Å². The number of aromatic nitrogens is 3. The minimum Gasteiger partial charge on any atom is -0.223 e. The van der Waals surface area contributed by atoms with Gasteiger partial charge in [-0.15, -0.1) is 0 Å². The van der Waals surface area contributed by atoms with E-state index in [1.165, 1.54) is 12.4 Å². The van der Waals surface area contributed by atoms with Crippen molar-refractivity contribution in [2.75, 3.05) is 0 Å². The number of halogens is 1. The Labute approximate surface area is 93.9 Å². The standard InChI is InChI=1S/C12H14FN3/c1-12(2,3)10-6-9(13)4-5-11(10)16-8-14-7-15-16/h4-8H,1-3H3. The highest BCUT2D eigenvalue weighted by Crippen LogP contribution is 2.28. The zero-order valence-electron chi connectivity index (χ0n) is 9.61. The number of nitrogens with zero attached hydrogens (tertiary/aromatic N) is 3. The van der Waals surface area contributed by atoms with E-state index in [0.717, 1.165) is 11.3 Å². The summed E-state index contributed by atoms with van der Waals surface area (Å²) in [5.41, 5.74) is 1.65. The minimum absolute atomic E-state index is 0.136. The average molecular weight is 219 g/mol. The largest absolute Gasteiger partial charge is 0.223 e. The maximum Gasteiger partial charge on any atom is 0.138 e. The Kier molecular flexibility index (Phi) is 2.50. The van der Waals surface area contributed by atoms with E-state index in [1.807, 2.05) is 20.8 Å². The van der Waals surface area contributed by atoms with Gasteiger partial charge in [-0.25, -0.2) is 14.1 Å². The highest BCUT2D eigenvalue weighted by Gasteiger charge is 2.19. The Morgan fingerprint density at radius 1 is 1.25 bits per heavy atom. The van der Waals surface area contributed by atoms with Crippen molar-refractivity contribution >= 4 is 0 Å². The van der Waals surface area contributed by atoms with Gasteiger partial charge >= 0.3 is 0 Å². The monoisotopic (exact) mass is 219 g/mol. The van der Waals surface area contributed by atoms with Crippen molar-refractivity contribution in [3.05, 3.63) is 42.2 Å². The third-order valence-electron chi connectivity index (χ3n) is 2.43. The smallest absolute Gasteiger partial charge is 0.138 e. The quantitative estimate of drug-likeness (QED) is 0.738. The first-order chi connectivity index (χ1) is 7.48. The fourth-order valence-electron chi connectivity index (χ4n) is 1.64. The lowest BCUT2D eigenvalue weighted by molar-refractivity contribution is 0.566. The molecule has 0 bridgehead atoms. The normalized spacial score (nSPS) is 11.8. The second kappa shape index (κ2) is 3.70. The van der Waals surface area contributed by atoms with Crippen molar-refractivity contribution in [1.82, 2.24) is 14.8 Å². The molecule has 0 radical (unpaired) electrons. The topological polar surface area (TPSA) is 30.7 Å². The molecule has 0 N–H and O–H groups in total. The molecule has 84 valence electrons. The van der Waals surface area contributed by atoms with Crippen molar-refractivity contribution in [3.8, 4) is 5.69 Å². The van der Waals surface area contributed by atoms with Crippen LogP contribution in [0.25, 0.3) is 5.69 Å². The van der Waals surface area contributed by atoms with Gasteiger partial charge in [0.2, 0.25) is 0 Å². The summed E-state index contributed by atoms with van der Waals surface area (Å²) in [5.74, 6) is -0.228. The van der Waals surface area contributed by atoms with Gasteiger partial charge in [0, 0.05) is 0 Å². The van der Waals surface area contributed by atoms with E-state index in [2.05, 4.69) is 10.1 Å². The fourth-order valence-corrected chi connectivity index (χ4v) is 1.64. The van der Waals surface area contributed by atoms with Crippen LogP contribution in [0.4, 0.5) is 4.39 Å². The molecule has 2 rings (SSSR count). The van der Waals surface area contributed by atoms with Crippen LogP contribution in [0, 0.1) is 5.82 Å². The summed E-state index contributed by atoms with van der Waals surface area (Å²) in [5, 5.41) is 4.07. The molecule has 0 spiro atoms. The van der Waals surface area contributed by atoms with Crippen LogP contribution in [-0.4, -0.2) is 14.8 Å². The highest BCUT2D eigenvalue weighted by molar-refractivity contribution is 5.44. The van der Waals surface area contributed by atoms with Gasteiger partial charge < -0.3 is 0 Å². The Bertz CT molecular complexity index is 483. The molecule has 1 aromatic carbocycles. The molecule has 0 unspecified atom stereocenters. The predicted octanol–water partition coefficient (Wildman–Crippen LogP) is 2.70. The molecule has 0 atom stereocenters. The second-order valence-corrected chi connectivity index (χ2v) is 4.75. The molecule has 16 heavy (non-hydrogen) atoms. The van der Waals surface area contributed by atoms with Crippen molar-refractivity contribution in [2.45, 2.75) is 26.2 Å². The van der Waals surface area contributed by atoms with E-state index in [1.54, 1.807) is 23.1 Å². The lowest BCUT2D eigenvalue weighted by Gasteiger charge is -2.22. The number of hydrogen-bond donors (Lipinski definition) is 0. The molecule has 0 saturated carbocycles. The Balaban J connectivity index is 2.62. The molecule has 0 amide bonds. The predicted molar refractivity (Wildman–Crippen MR) is 60.0 cm³/mol. The number of hydrogen-bond acceptors (Lipinski definition) is 2. The summed E-state index contributed by atoms with van der Waals surface area (Å²) in [4.78, 5) is 3.90. The third kappa shape index (κ3) is 1.96. The molecule has 0 aliphatic rings. The summed E-state index contributed by atoms with van der Waals surface area (Å²) in [6, 6.07) is 4.72. The minimum atomic E-state index is -0.228. The van der Waals surface area contributed by atoms with Gasteiger partial charge in [0.25, 0.3) is 0 Å². The van der Waals surface area contributed by atoms with E-state index in [4.69, 9.17) is 0 Å². The molecular formula is C12H14FN3. The van der Waals surface area contributed by atoms with Gasteiger partial charge in [-0.05, 0) is 29.2 Å². The third-order valence-corrected chi connectivity index (χ3v) is 2.43. The first kappa shape index (κ1) is 10.8. The lowest BCUT2D eigenvalue weighted by atomic mass is 9.85. The van der Waals surface area contributed by atoms with Crippen molar-refractivity contribution < 1.29 is 4.39 Å². The summed E-state index contributed by atoms with van der Waals surface area (Å²) in [6.07, 6.45) is 3.08. The molecular weight excluding hydrogens is 205 g/mol. The zero-order chi connectivity index (χ0) is 11.8. The van der Waals surface area contributed by atoms with Crippen LogP contribution in [0.1, 0.15) is 26.3 Å². The van der Waals surface area contributed by atoms with E-state index >= 15 is 0 Å². The molecule has 1 heterocycles. The van der Waals surface area contributed by atoms with Crippen LogP contribution in [0.2, 0.25) is 0 Å². The molecule has 0 saturated heterocycles. The summed E-state index contributed by atoms with van der Waals surface area (Å²) in [6.45, 7) is 6.13. The van der Waals surface area contributed by atoms with E-state index in [-0.39, 0.29) is 11.2 Å². The second-order valence-electron chi connectivity index (χ2n) is 4.75. The summed E-state index contributed by atoms with van der Waals surface area (Å²) in [7, 11) is 0. The van der Waals surface area contributed by atoms with Crippen LogP contribution < -0.4 is 0 Å². The van der Waals surface area contributed by atoms with Gasteiger partial charge in [-0.2, -0.15) is 5.10 Å². The van der Waals surface area contributed by atoms with E-state index in [0.29, 0.717) is 0 Å². The lowest BCUT2D eigenvalue weighted by Crippen LogP contribution is -2.15. The van der Waals surface area contributed by atoms with Gasteiger partial charge in [-0.1, -0.05) is 20.8 Å². The molecule has 0 aliphatic heterocycles. The first-order valence-corrected chi connectivity index (χ1v) is 5.13. The molecule has 4 heteroatoms. The maximum absolute atomic E-state index is 13.3. The molecule has 1 aromatic heterocycles. The van der Waals surface area contributed by atoms with Crippen molar-refractivity contribution in [1.29, 1.82) is 0 Å². The van der Waals surface area contributed by atoms with Gasteiger partial charge in [0.05, 0.1) is 5.69 Å². The van der Waals surface area contributed by atoms with Crippen LogP contribution in [-0.2, 0) is 5.41 Å². The van der Waals surface area contributed by atoms with Crippen LogP contribution in [0.15, 0.2) is 30.9 Å². The van der Waals surface area contributed by atoms with Gasteiger partial charge in [0.1, 0.15) is 18.5 Å². The molecule has 3 nitrogen and oxygen atoms in total. The van der Waals surface area contributed by atoms with E-state index < -0.39 is 0 Å². The number of rotatable bonds is 1. The average Bonchev–Trinajstić information content (AvgIpc) is 2.69. The summed E-state index contributed by atoms with van der Waals surface area (Å²) >= 11 is 0. The number of benzene rings is 1. The Morgan fingerprint density at radius 2 is 2.00 bits per heavy atom. The first-order valence-electron chi connectivity index (χ1n) is 5.13. The molecule has 2 aromatic rings. The zero-order valence-corrected chi connectivity index (χ0v) is 9.61. The van der Waals surface area contributed by atoms with Gasteiger partial charge in [0.15, 0.2) is 0 Å². The summed E-state index contributed by atoms with van der Waals surface area (Å²) < 4.78 is 14.9. The van der Waals surface area contributed by atoms with Crippen LogP contribution in [0.5, 0.6) is 0 Å². The van der Waals surface area contributed by atoms with Crippen molar-refractivity contribution in [3.63, 3.8) is 0 Å². The maximum atomic E-state index is 13.3.